The van der Waals surface area contributed by atoms with E-state index in [-0.39, 0.29) is 30.8 Å². The van der Waals surface area contributed by atoms with E-state index in [9.17, 15) is 14.4 Å². The number of rotatable bonds is 14. The van der Waals surface area contributed by atoms with Crippen LogP contribution in [-0.2, 0) is 16.1 Å². The van der Waals surface area contributed by atoms with Gasteiger partial charge in [0.2, 0.25) is 5.91 Å². The fourth-order valence-corrected chi connectivity index (χ4v) is 6.79. The summed E-state index contributed by atoms with van der Waals surface area (Å²) < 4.78 is 5.77. The third-order valence-corrected chi connectivity index (χ3v) is 9.41. The summed E-state index contributed by atoms with van der Waals surface area (Å²) in [7, 11) is 0. The van der Waals surface area contributed by atoms with Gasteiger partial charge in [-0.25, -0.2) is 14.8 Å². The molecule has 9 heteroatoms. The average Bonchev–Trinajstić information content (AvgIpc) is 3.13. The van der Waals surface area contributed by atoms with Gasteiger partial charge in [-0.2, -0.15) is 0 Å². The van der Waals surface area contributed by atoms with E-state index in [1.54, 1.807) is 5.01 Å². The van der Waals surface area contributed by atoms with Crippen molar-refractivity contribution in [1.29, 1.82) is 0 Å². The van der Waals surface area contributed by atoms with Crippen LogP contribution in [0.4, 0.5) is 10.5 Å². The van der Waals surface area contributed by atoms with Crippen LogP contribution in [0.25, 0.3) is 11.1 Å². The number of benzene rings is 3. The van der Waals surface area contributed by atoms with Crippen LogP contribution in [0.3, 0.4) is 0 Å². The number of Topliss-reactive ketones (excluding diaryl/α,β-unsaturated/α-hetero) is 1. The summed E-state index contributed by atoms with van der Waals surface area (Å²) in [6.45, 7) is 10.4. The minimum absolute atomic E-state index is 0.0116. The Labute approximate surface area is 285 Å². The molecule has 0 spiro atoms. The maximum Gasteiger partial charge on any atom is 0.429 e. The molecule has 2 heterocycles. The molecule has 3 aromatic carbocycles. The Morgan fingerprint density at radius 3 is 2.27 bits per heavy atom. The van der Waals surface area contributed by atoms with Crippen LogP contribution in [0.5, 0.6) is 0 Å². The monoisotopic (exact) mass is 653 g/mol. The molecule has 3 aromatic rings. The first kappa shape index (κ1) is 35.3. The predicted octanol–water partition coefficient (Wildman–Crippen LogP) is 6.25. The number of hydrogen-bond donors (Lipinski definition) is 1. The zero-order valence-corrected chi connectivity index (χ0v) is 28.6. The van der Waals surface area contributed by atoms with E-state index in [1.165, 1.54) is 0 Å². The highest BCUT2D eigenvalue weighted by atomic mass is 16.6. The molecule has 48 heavy (non-hydrogen) atoms. The van der Waals surface area contributed by atoms with Gasteiger partial charge in [0.1, 0.15) is 6.61 Å². The van der Waals surface area contributed by atoms with Crippen molar-refractivity contribution >= 4 is 23.5 Å². The van der Waals surface area contributed by atoms with E-state index < -0.39 is 6.09 Å². The second kappa shape index (κ2) is 17.9. The summed E-state index contributed by atoms with van der Waals surface area (Å²) in [4.78, 5) is 43.7. The van der Waals surface area contributed by atoms with Gasteiger partial charge in [0.25, 0.3) is 0 Å². The van der Waals surface area contributed by atoms with Crippen LogP contribution < -0.4 is 10.3 Å². The lowest BCUT2D eigenvalue weighted by Gasteiger charge is -2.37. The number of ketones is 1. The van der Waals surface area contributed by atoms with Crippen molar-refractivity contribution < 1.29 is 19.1 Å². The molecule has 256 valence electrons. The summed E-state index contributed by atoms with van der Waals surface area (Å²) in [6.07, 6.45) is 4.76. The summed E-state index contributed by atoms with van der Waals surface area (Å²) in [5.41, 5.74) is 4.59. The van der Waals surface area contributed by atoms with E-state index in [0.29, 0.717) is 12.1 Å². The van der Waals surface area contributed by atoms with E-state index >= 15 is 0 Å². The lowest BCUT2D eigenvalue weighted by atomic mass is 9.96. The van der Waals surface area contributed by atoms with Crippen LogP contribution in [-0.4, -0.2) is 91.6 Å². The van der Waals surface area contributed by atoms with E-state index in [1.807, 2.05) is 85.5 Å². The number of likely N-dealkylation sites (tertiary alicyclic amines) is 1. The van der Waals surface area contributed by atoms with Crippen molar-refractivity contribution in [3.05, 3.63) is 90.0 Å². The van der Waals surface area contributed by atoms with Gasteiger partial charge in [0.15, 0.2) is 5.78 Å². The molecule has 1 N–H and O–H groups in total. The first-order chi connectivity index (χ1) is 23.5. The molecule has 2 saturated heterocycles. The van der Waals surface area contributed by atoms with Crippen LogP contribution in [0.1, 0.15) is 61.9 Å². The van der Waals surface area contributed by atoms with Crippen LogP contribution in [0, 0.1) is 5.92 Å². The molecule has 0 aliphatic carbocycles. The van der Waals surface area contributed by atoms with Gasteiger partial charge in [-0.1, -0.05) is 79.2 Å². The topological polar surface area (TPSA) is 85.4 Å². The summed E-state index contributed by atoms with van der Waals surface area (Å²) in [6, 6.07) is 25.8. The van der Waals surface area contributed by atoms with Crippen molar-refractivity contribution in [2.75, 3.05) is 64.0 Å². The third kappa shape index (κ3) is 9.30. The normalized spacial score (nSPS) is 17.1. The summed E-state index contributed by atoms with van der Waals surface area (Å²) in [5.74, 6) is 0.311. The zero-order valence-electron chi connectivity index (χ0n) is 28.6. The molecular weight excluding hydrogens is 602 g/mol. The molecule has 0 radical (unpaired) electrons. The van der Waals surface area contributed by atoms with Crippen LogP contribution >= 0.6 is 0 Å². The molecular formula is C39H51N5O4. The summed E-state index contributed by atoms with van der Waals surface area (Å²) >= 11 is 0. The lowest BCUT2D eigenvalue weighted by Crippen LogP contribution is -2.50. The largest absolute Gasteiger partial charge is 0.447 e. The standard InChI is InChI=1S/C39H51N5O4/c1-3-42(4-2)38(46)34-16-13-24-41(30-34)29-31-19-21-33(22-20-31)37(45)28-40-23-27-48-39(47)44(43-25-11-6-12-26-43)36-18-10-9-17-35(36)32-14-7-5-8-15-32/h5,7-10,14-15,17-22,34,40H,3-4,6,11-13,16,23-30H2,1-2H3/t34-/m0/s1. The second-order valence-electron chi connectivity index (χ2n) is 12.7. The van der Waals surface area contributed by atoms with Gasteiger partial charge >= 0.3 is 6.09 Å². The Hall–Kier alpha value is -4.05. The van der Waals surface area contributed by atoms with E-state index in [2.05, 4.69) is 27.4 Å². The number of hydrazine groups is 1. The maximum absolute atomic E-state index is 13.6. The van der Waals surface area contributed by atoms with Gasteiger partial charge in [-0.05, 0) is 63.3 Å². The fourth-order valence-electron chi connectivity index (χ4n) is 6.79. The fraction of sp³-hybridized carbons (Fsp3) is 0.462. The number of anilines is 1. The minimum atomic E-state index is -0.415. The van der Waals surface area contributed by atoms with Crippen molar-refractivity contribution in [3.8, 4) is 11.1 Å². The minimum Gasteiger partial charge on any atom is -0.447 e. The number of carbonyl (C=O) groups excluding carboxylic acids is 3. The number of nitrogens with one attached hydrogen (secondary N) is 1. The molecule has 2 fully saturated rings. The van der Waals surface area contributed by atoms with Gasteiger partial charge in [0, 0.05) is 56.9 Å². The summed E-state index contributed by atoms with van der Waals surface area (Å²) in [5, 5.41) is 6.93. The highest BCUT2D eigenvalue weighted by Crippen LogP contribution is 2.33. The first-order valence-corrected chi connectivity index (χ1v) is 17.7. The number of nitrogens with zero attached hydrogens (tertiary/aromatic N) is 4. The van der Waals surface area contributed by atoms with Gasteiger partial charge < -0.3 is 15.0 Å². The highest BCUT2D eigenvalue weighted by Gasteiger charge is 2.29. The molecule has 0 aromatic heterocycles. The Bertz CT molecular complexity index is 1470. The molecule has 9 nitrogen and oxygen atoms in total. The lowest BCUT2D eigenvalue weighted by molar-refractivity contribution is -0.137. The highest BCUT2D eigenvalue weighted by molar-refractivity contribution is 5.97. The average molecular weight is 654 g/mol. The Kier molecular flexibility index (Phi) is 13.2. The molecule has 2 aliphatic rings. The van der Waals surface area contributed by atoms with Crippen LogP contribution in [0.15, 0.2) is 78.9 Å². The number of para-hydroxylation sites is 1. The number of piperidine rings is 2. The molecule has 2 amide bonds. The van der Waals surface area contributed by atoms with Crippen molar-refractivity contribution in [3.63, 3.8) is 0 Å². The molecule has 5 rings (SSSR count). The number of hydrogen-bond acceptors (Lipinski definition) is 7. The smallest absolute Gasteiger partial charge is 0.429 e. The Morgan fingerprint density at radius 1 is 0.833 bits per heavy atom. The SMILES string of the molecule is CCN(CC)C(=O)[C@H]1CCCN(Cc2ccc(C(=O)CNCCOC(=O)N(c3ccccc3-c3ccccc3)N3CCCCC3)cc2)C1. The molecule has 0 saturated carbocycles. The van der Waals surface area contributed by atoms with E-state index in [0.717, 1.165) is 100 Å². The van der Waals surface area contributed by atoms with Crippen molar-refractivity contribution in [2.45, 2.75) is 52.5 Å². The van der Waals surface area contributed by atoms with Gasteiger partial charge in [0.05, 0.1) is 18.2 Å². The predicted molar refractivity (Wildman–Crippen MR) is 191 cm³/mol. The molecule has 1 atom stereocenters. The van der Waals surface area contributed by atoms with E-state index in [4.69, 9.17) is 4.74 Å². The molecule has 0 unspecified atom stereocenters. The number of ether oxygens (including phenoxy) is 1. The van der Waals surface area contributed by atoms with Gasteiger partial charge in [-0.15, -0.1) is 0 Å². The quantitative estimate of drug-likeness (QED) is 0.163. The molecule has 2 aliphatic heterocycles. The second-order valence-corrected chi connectivity index (χ2v) is 12.7. The third-order valence-electron chi connectivity index (χ3n) is 9.41. The zero-order chi connectivity index (χ0) is 33.7. The van der Waals surface area contributed by atoms with Gasteiger partial charge in [-0.3, -0.25) is 14.5 Å². The van der Waals surface area contributed by atoms with Crippen LogP contribution in [0.2, 0.25) is 0 Å². The molecule has 0 bridgehead atoms. The number of amides is 2. The Morgan fingerprint density at radius 2 is 1.54 bits per heavy atom. The Balaban J connectivity index is 1.10. The number of carbonyl (C=O) groups is 3. The maximum atomic E-state index is 13.6. The van der Waals surface area contributed by atoms with Crippen molar-refractivity contribution in [2.24, 2.45) is 5.92 Å². The van der Waals surface area contributed by atoms with Crippen molar-refractivity contribution in [1.82, 2.24) is 20.1 Å². The first-order valence-electron chi connectivity index (χ1n) is 17.7.